The Morgan fingerprint density at radius 1 is 1.22 bits per heavy atom. The zero-order chi connectivity index (χ0) is 19.2. The van der Waals surface area contributed by atoms with E-state index in [1.54, 1.807) is 12.1 Å². The van der Waals surface area contributed by atoms with Gasteiger partial charge in [-0.1, -0.05) is 17.7 Å². The van der Waals surface area contributed by atoms with E-state index >= 15 is 0 Å². The van der Waals surface area contributed by atoms with Crippen LogP contribution < -0.4 is 10.2 Å². The smallest absolute Gasteiger partial charge is 0.220 e. The number of halogens is 2. The summed E-state index contributed by atoms with van der Waals surface area (Å²) in [5, 5.41) is 2.94. The summed E-state index contributed by atoms with van der Waals surface area (Å²) in [4.78, 5) is 23.4. The predicted molar refractivity (Wildman–Crippen MR) is 104 cm³/mol. The summed E-state index contributed by atoms with van der Waals surface area (Å²) < 4.78 is 13.2. The number of aromatic nitrogens is 2. The molecule has 1 aliphatic heterocycles. The fourth-order valence-electron chi connectivity index (χ4n) is 3.20. The van der Waals surface area contributed by atoms with Crippen molar-refractivity contribution in [3.63, 3.8) is 0 Å². The number of carbonyl (C=O) groups excluding carboxylic acids is 1. The quantitative estimate of drug-likeness (QED) is 0.814. The summed E-state index contributed by atoms with van der Waals surface area (Å²) in [6.07, 6.45) is 4.43. The lowest BCUT2D eigenvalue weighted by Gasteiger charge is -2.28. The molecular formula is C20H24ClFN4O. The summed E-state index contributed by atoms with van der Waals surface area (Å²) in [5.41, 5.74) is 1.73. The van der Waals surface area contributed by atoms with Crippen molar-refractivity contribution in [3.05, 3.63) is 52.2 Å². The number of amides is 1. The summed E-state index contributed by atoms with van der Waals surface area (Å²) in [7, 11) is 0. The number of aryl methyl sites for hydroxylation is 2. The van der Waals surface area contributed by atoms with Crippen LogP contribution in [0.3, 0.4) is 0 Å². The van der Waals surface area contributed by atoms with Gasteiger partial charge in [0.2, 0.25) is 5.91 Å². The first-order valence-corrected chi connectivity index (χ1v) is 9.69. The predicted octanol–water partition coefficient (Wildman–Crippen LogP) is 3.82. The van der Waals surface area contributed by atoms with Gasteiger partial charge in [-0.3, -0.25) is 4.79 Å². The maximum Gasteiger partial charge on any atom is 0.220 e. The third kappa shape index (κ3) is 5.63. The minimum Gasteiger partial charge on any atom is -0.357 e. The zero-order valence-corrected chi connectivity index (χ0v) is 16.2. The number of rotatable bonds is 6. The number of carbonyl (C=O) groups is 1. The van der Waals surface area contributed by atoms with E-state index in [1.165, 1.54) is 25.3 Å². The van der Waals surface area contributed by atoms with Crippen LogP contribution >= 0.6 is 11.6 Å². The molecule has 2 heterocycles. The lowest BCUT2D eigenvalue weighted by atomic mass is 10.1. The fourth-order valence-corrected chi connectivity index (χ4v) is 3.40. The second kappa shape index (κ2) is 9.13. The molecule has 1 N–H and O–H groups in total. The van der Waals surface area contributed by atoms with E-state index < -0.39 is 5.82 Å². The molecule has 0 bridgehead atoms. The summed E-state index contributed by atoms with van der Waals surface area (Å²) in [5.74, 6) is 1.01. The van der Waals surface area contributed by atoms with Gasteiger partial charge < -0.3 is 10.2 Å². The summed E-state index contributed by atoms with van der Waals surface area (Å²) in [6, 6.07) is 6.51. The van der Waals surface area contributed by atoms with Crippen LogP contribution in [0.25, 0.3) is 0 Å². The van der Waals surface area contributed by atoms with E-state index in [1.807, 2.05) is 13.0 Å². The molecule has 3 rings (SSSR count). The molecular weight excluding hydrogens is 367 g/mol. The molecule has 1 aliphatic rings. The van der Waals surface area contributed by atoms with Crippen molar-refractivity contribution in [3.8, 4) is 0 Å². The van der Waals surface area contributed by atoms with Crippen molar-refractivity contribution in [1.29, 1.82) is 0 Å². The van der Waals surface area contributed by atoms with E-state index in [-0.39, 0.29) is 10.9 Å². The number of hydrogen-bond donors (Lipinski definition) is 1. The Kier molecular flexibility index (Phi) is 6.61. The SMILES string of the molecule is Cc1cc(N2CCCCC2)nc(CNC(=O)CCc2ccc(F)c(Cl)c2)n1. The molecule has 1 aromatic heterocycles. The molecule has 0 atom stereocenters. The van der Waals surface area contributed by atoms with Crippen molar-refractivity contribution >= 4 is 23.3 Å². The molecule has 2 aromatic rings. The Bertz CT molecular complexity index is 809. The van der Waals surface area contributed by atoms with Crippen LogP contribution in [0.4, 0.5) is 10.2 Å². The molecule has 5 nitrogen and oxygen atoms in total. The number of anilines is 1. The number of nitrogens with one attached hydrogen (secondary N) is 1. The van der Waals surface area contributed by atoms with Gasteiger partial charge in [0.05, 0.1) is 11.6 Å². The lowest BCUT2D eigenvalue weighted by Crippen LogP contribution is -2.31. The molecule has 1 amide bonds. The van der Waals surface area contributed by atoms with Crippen LogP contribution in [0.1, 0.15) is 42.8 Å². The van der Waals surface area contributed by atoms with Gasteiger partial charge in [0.25, 0.3) is 0 Å². The molecule has 27 heavy (non-hydrogen) atoms. The average Bonchev–Trinajstić information content (AvgIpc) is 2.67. The molecule has 0 unspecified atom stereocenters. The fraction of sp³-hybridized carbons (Fsp3) is 0.450. The maximum absolute atomic E-state index is 13.2. The van der Waals surface area contributed by atoms with Crippen LogP contribution in [0.2, 0.25) is 5.02 Å². The van der Waals surface area contributed by atoms with Gasteiger partial charge in [-0.25, -0.2) is 14.4 Å². The largest absolute Gasteiger partial charge is 0.357 e. The number of piperidine rings is 1. The Labute approximate surface area is 164 Å². The first kappa shape index (κ1) is 19.5. The van der Waals surface area contributed by atoms with E-state index in [9.17, 15) is 9.18 Å². The standard InChI is InChI=1S/C20H24ClFN4O/c1-14-11-19(26-9-3-2-4-10-26)25-18(24-14)13-23-20(27)8-6-15-5-7-17(22)16(21)12-15/h5,7,11-12H,2-4,6,8-10,13H2,1H3,(H,23,27). The highest BCUT2D eigenvalue weighted by molar-refractivity contribution is 6.30. The highest BCUT2D eigenvalue weighted by Crippen LogP contribution is 2.19. The van der Waals surface area contributed by atoms with Crippen molar-refractivity contribution in [2.24, 2.45) is 0 Å². The van der Waals surface area contributed by atoms with Crippen molar-refractivity contribution in [1.82, 2.24) is 15.3 Å². The molecule has 1 fully saturated rings. The van der Waals surface area contributed by atoms with E-state index in [0.29, 0.717) is 25.2 Å². The van der Waals surface area contributed by atoms with Gasteiger partial charge in [0.1, 0.15) is 17.5 Å². The number of nitrogens with zero attached hydrogens (tertiary/aromatic N) is 3. The van der Waals surface area contributed by atoms with E-state index in [4.69, 9.17) is 11.6 Å². The van der Waals surface area contributed by atoms with Crippen molar-refractivity contribution in [2.45, 2.75) is 45.6 Å². The normalized spacial score (nSPS) is 14.3. The second-order valence-electron chi connectivity index (χ2n) is 6.86. The Balaban J connectivity index is 1.53. The van der Waals surface area contributed by atoms with Crippen LogP contribution in [0, 0.1) is 12.7 Å². The van der Waals surface area contributed by atoms with Crippen LogP contribution in [-0.4, -0.2) is 29.0 Å². The van der Waals surface area contributed by atoms with Crippen molar-refractivity contribution in [2.75, 3.05) is 18.0 Å². The topological polar surface area (TPSA) is 58.1 Å². The van der Waals surface area contributed by atoms with Gasteiger partial charge in [0, 0.05) is 31.3 Å². The van der Waals surface area contributed by atoms with Crippen molar-refractivity contribution < 1.29 is 9.18 Å². The second-order valence-corrected chi connectivity index (χ2v) is 7.26. The molecule has 1 aromatic carbocycles. The third-order valence-corrected chi connectivity index (χ3v) is 4.93. The first-order valence-electron chi connectivity index (χ1n) is 9.31. The Morgan fingerprint density at radius 2 is 2.00 bits per heavy atom. The minimum absolute atomic E-state index is 0.0753. The number of hydrogen-bond acceptors (Lipinski definition) is 4. The first-order chi connectivity index (χ1) is 13.0. The van der Waals surface area contributed by atoms with Gasteiger partial charge in [-0.2, -0.15) is 0 Å². The lowest BCUT2D eigenvalue weighted by molar-refractivity contribution is -0.121. The zero-order valence-electron chi connectivity index (χ0n) is 15.5. The molecule has 144 valence electrons. The summed E-state index contributed by atoms with van der Waals surface area (Å²) >= 11 is 5.77. The highest BCUT2D eigenvalue weighted by atomic mass is 35.5. The molecule has 0 aliphatic carbocycles. The maximum atomic E-state index is 13.2. The van der Waals surface area contributed by atoms with Crippen LogP contribution in [-0.2, 0) is 17.8 Å². The van der Waals surface area contributed by atoms with Crippen LogP contribution in [0.5, 0.6) is 0 Å². The van der Waals surface area contributed by atoms with Gasteiger partial charge in [-0.15, -0.1) is 0 Å². The Morgan fingerprint density at radius 3 is 2.74 bits per heavy atom. The molecule has 0 spiro atoms. The van der Waals surface area contributed by atoms with E-state index in [0.717, 1.165) is 30.2 Å². The molecule has 0 saturated carbocycles. The minimum atomic E-state index is -0.453. The van der Waals surface area contributed by atoms with Gasteiger partial charge in [0.15, 0.2) is 0 Å². The summed E-state index contributed by atoms with van der Waals surface area (Å²) in [6.45, 7) is 4.27. The molecule has 1 saturated heterocycles. The van der Waals surface area contributed by atoms with Gasteiger partial charge in [-0.05, 0) is 50.3 Å². The van der Waals surface area contributed by atoms with Crippen LogP contribution in [0.15, 0.2) is 24.3 Å². The third-order valence-electron chi connectivity index (χ3n) is 4.64. The molecule has 7 heteroatoms. The monoisotopic (exact) mass is 390 g/mol. The van der Waals surface area contributed by atoms with E-state index in [2.05, 4.69) is 20.2 Å². The molecule has 0 radical (unpaired) electrons. The highest BCUT2D eigenvalue weighted by Gasteiger charge is 2.14. The Hall–Kier alpha value is -2.21. The van der Waals surface area contributed by atoms with Gasteiger partial charge >= 0.3 is 0 Å². The average molecular weight is 391 g/mol. The number of benzene rings is 1.